The van der Waals surface area contributed by atoms with Crippen molar-refractivity contribution in [3.8, 4) is 5.75 Å². The van der Waals surface area contributed by atoms with Gasteiger partial charge in [-0.3, -0.25) is 0 Å². The van der Waals surface area contributed by atoms with Crippen LogP contribution in [0.3, 0.4) is 0 Å². The quantitative estimate of drug-likeness (QED) is 0.763. The summed E-state index contributed by atoms with van der Waals surface area (Å²) in [5, 5.41) is 0. The van der Waals surface area contributed by atoms with Crippen molar-refractivity contribution in [1.29, 1.82) is 0 Å². The van der Waals surface area contributed by atoms with E-state index in [0.717, 1.165) is 5.56 Å². The first kappa shape index (κ1) is 11.7. The summed E-state index contributed by atoms with van der Waals surface area (Å²) in [6.45, 7) is 0.756. The number of ether oxygens (including phenoxy) is 1. The topological polar surface area (TPSA) is 35.2 Å². The molecule has 0 bridgehead atoms. The molecule has 15 heavy (non-hydrogen) atoms. The van der Waals surface area contributed by atoms with E-state index in [2.05, 4.69) is 11.3 Å². The average Bonchev–Trinajstić information content (AvgIpc) is 2.17. The Bertz CT molecular complexity index is 328. The molecule has 2 N–H and O–H groups in total. The zero-order chi connectivity index (χ0) is 11.3. The van der Waals surface area contributed by atoms with Gasteiger partial charge in [0.05, 0.1) is 0 Å². The van der Waals surface area contributed by atoms with Crippen molar-refractivity contribution < 1.29 is 13.5 Å². The van der Waals surface area contributed by atoms with E-state index in [-0.39, 0.29) is 11.8 Å². The van der Waals surface area contributed by atoms with Gasteiger partial charge in [-0.05, 0) is 24.1 Å². The van der Waals surface area contributed by atoms with Gasteiger partial charge in [0.1, 0.15) is 5.75 Å². The Morgan fingerprint density at radius 2 is 2.20 bits per heavy atom. The lowest BCUT2D eigenvalue weighted by Crippen LogP contribution is -2.09. The van der Waals surface area contributed by atoms with Crippen LogP contribution in [0.2, 0.25) is 0 Å². The number of hydrogen-bond donors (Lipinski definition) is 1. The van der Waals surface area contributed by atoms with Gasteiger partial charge < -0.3 is 10.5 Å². The number of nitrogens with two attached hydrogens (primary N) is 1. The van der Waals surface area contributed by atoms with Gasteiger partial charge in [0.2, 0.25) is 0 Å². The molecule has 2 nitrogen and oxygen atoms in total. The highest BCUT2D eigenvalue weighted by atomic mass is 19.3. The first-order valence-electron chi connectivity index (χ1n) is 4.54. The summed E-state index contributed by atoms with van der Waals surface area (Å²) >= 11 is 0. The van der Waals surface area contributed by atoms with E-state index in [9.17, 15) is 8.78 Å². The summed E-state index contributed by atoms with van der Waals surface area (Å²) in [6.07, 6.45) is 2.28. The zero-order valence-electron chi connectivity index (χ0n) is 8.20. The molecule has 0 aliphatic carbocycles. The van der Waals surface area contributed by atoms with E-state index in [1.165, 1.54) is 12.1 Å². The van der Waals surface area contributed by atoms with Gasteiger partial charge in [-0.1, -0.05) is 18.2 Å². The first-order chi connectivity index (χ1) is 7.13. The Hall–Kier alpha value is -1.42. The maximum atomic E-state index is 11.9. The number of rotatable bonds is 5. The molecule has 0 aromatic heterocycles. The van der Waals surface area contributed by atoms with Crippen LogP contribution in [0.5, 0.6) is 5.75 Å². The van der Waals surface area contributed by atoms with Crippen LogP contribution in [0.1, 0.15) is 18.0 Å². The summed E-state index contributed by atoms with van der Waals surface area (Å²) in [4.78, 5) is 0. The minimum atomic E-state index is -2.81. The van der Waals surface area contributed by atoms with Crippen LogP contribution in [0.15, 0.2) is 36.9 Å². The fourth-order valence-electron chi connectivity index (χ4n) is 1.24. The molecule has 0 spiro atoms. The van der Waals surface area contributed by atoms with Crippen LogP contribution >= 0.6 is 0 Å². The predicted molar refractivity (Wildman–Crippen MR) is 54.8 cm³/mol. The first-order valence-corrected chi connectivity index (χ1v) is 4.54. The van der Waals surface area contributed by atoms with Crippen molar-refractivity contribution in [2.75, 3.05) is 0 Å². The van der Waals surface area contributed by atoms with Crippen molar-refractivity contribution in [3.05, 3.63) is 42.5 Å². The van der Waals surface area contributed by atoms with Gasteiger partial charge in [0.15, 0.2) is 0 Å². The molecule has 1 atom stereocenters. The number of benzene rings is 1. The van der Waals surface area contributed by atoms with E-state index in [0.29, 0.717) is 6.42 Å². The third-order valence-corrected chi connectivity index (χ3v) is 1.93. The number of hydrogen-bond acceptors (Lipinski definition) is 2. The highest BCUT2D eigenvalue weighted by Crippen LogP contribution is 2.21. The fourth-order valence-corrected chi connectivity index (χ4v) is 1.24. The van der Waals surface area contributed by atoms with Crippen molar-refractivity contribution in [2.24, 2.45) is 5.73 Å². The average molecular weight is 213 g/mol. The van der Waals surface area contributed by atoms with E-state index in [1.807, 2.05) is 0 Å². The Morgan fingerprint density at radius 3 is 2.80 bits per heavy atom. The number of halogens is 2. The molecule has 0 aliphatic rings. The van der Waals surface area contributed by atoms with E-state index in [1.54, 1.807) is 18.2 Å². The second-order valence-corrected chi connectivity index (χ2v) is 3.08. The smallest absolute Gasteiger partial charge is 0.387 e. The van der Waals surface area contributed by atoms with Crippen molar-refractivity contribution in [2.45, 2.75) is 19.1 Å². The number of alkyl halides is 2. The van der Waals surface area contributed by atoms with Gasteiger partial charge in [-0.2, -0.15) is 8.78 Å². The molecule has 82 valence electrons. The van der Waals surface area contributed by atoms with Gasteiger partial charge in [0.25, 0.3) is 0 Å². The van der Waals surface area contributed by atoms with Crippen LogP contribution in [0.25, 0.3) is 0 Å². The van der Waals surface area contributed by atoms with Crippen molar-refractivity contribution in [1.82, 2.24) is 0 Å². The molecule has 0 saturated carbocycles. The maximum Gasteiger partial charge on any atom is 0.387 e. The minimum absolute atomic E-state index is 0.127. The fraction of sp³-hybridized carbons (Fsp3) is 0.273. The molecule has 0 fully saturated rings. The lowest BCUT2D eigenvalue weighted by Gasteiger charge is -2.11. The Labute approximate surface area is 87.4 Å². The summed E-state index contributed by atoms with van der Waals surface area (Å²) in [6, 6.07) is 6.16. The second-order valence-electron chi connectivity index (χ2n) is 3.08. The Morgan fingerprint density at radius 1 is 1.47 bits per heavy atom. The SMILES string of the molecule is C=CCC(N)c1cccc(OC(F)F)c1. The Balaban J connectivity index is 2.77. The van der Waals surface area contributed by atoms with Crippen LogP contribution < -0.4 is 10.5 Å². The molecule has 1 aromatic carbocycles. The minimum Gasteiger partial charge on any atom is -0.435 e. The maximum absolute atomic E-state index is 11.9. The summed E-state index contributed by atoms with van der Waals surface area (Å²) in [5.41, 5.74) is 6.55. The van der Waals surface area contributed by atoms with Gasteiger partial charge in [0, 0.05) is 6.04 Å². The lowest BCUT2D eigenvalue weighted by molar-refractivity contribution is -0.0498. The van der Waals surface area contributed by atoms with Gasteiger partial charge >= 0.3 is 6.61 Å². The van der Waals surface area contributed by atoms with Crippen LogP contribution in [0, 0.1) is 0 Å². The van der Waals surface area contributed by atoms with E-state index < -0.39 is 6.61 Å². The molecule has 1 unspecified atom stereocenters. The summed E-state index contributed by atoms with van der Waals surface area (Å²) in [7, 11) is 0. The molecule has 0 radical (unpaired) electrons. The molecule has 4 heteroatoms. The predicted octanol–water partition coefficient (Wildman–Crippen LogP) is 2.86. The zero-order valence-corrected chi connectivity index (χ0v) is 8.20. The molecular formula is C11H13F2NO. The molecule has 0 aliphatic heterocycles. The standard InChI is InChI=1S/C11H13F2NO/c1-2-4-10(14)8-5-3-6-9(7-8)15-11(12)13/h2-3,5-7,10-11H,1,4,14H2. The largest absolute Gasteiger partial charge is 0.435 e. The monoisotopic (exact) mass is 213 g/mol. The molecular weight excluding hydrogens is 200 g/mol. The molecule has 0 heterocycles. The summed E-state index contributed by atoms with van der Waals surface area (Å²) in [5.74, 6) is 0.127. The van der Waals surface area contributed by atoms with Gasteiger partial charge in [-0.25, -0.2) is 0 Å². The van der Waals surface area contributed by atoms with Crippen LogP contribution in [-0.2, 0) is 0 Å². The highest BCUT2D eigenvalue weighted by Gasteiger charge is 2.07. The van der Waals surface area contributed by atoms with Gasteiger partial charge in [-0.15, -0.1) is 6.58 Å². The normalized spacial score (nSPS) is 12.5. The van der Waals surface area contributed by atoms with E-state index >= 15 is 0 Å². The third-order valence-electron chi connectivity index (χ3n) is 1.93. The molecule has 0 saturated heterocycles. The third kappa shape index (κ3) is 3.67. The van der Waals surface area contributed by atoms with Crippen molar-refractivity contribution in [3.63, 3.8) is 0 Å². The second kappa shape index (κ2) is 5.46. The Kier molecular flexibility index (Phi) is 4.24. The summed E-state index contributed by atoms with van der Waals surface area (Å²) < 4.78 is 28.1. The highest BCUT2D eigenvalue weighted by molar-refractivity contribution is 5.30. The molecule has 1 rings (SSSR count). The van der Waals surface area contributed by atoms with Crippen LogP contribution in [0.4, 0.5) is 8.78 Å². The van der Waals surface area contributed by atoms with Crippen molar-refractivity contribution >= 4 is 0 Å². The molecule has 1 aromatic rings. The lowest BCUT2D eigenvalue weighted by atomic mass is 10.0. The molecule has 0 amide bonds. The van der Waals surface area contributed by atoms with E-state index in [4.69, 9.17) is 5.73 Å². The van der Waals surface area contributed by atoms with Crippen LogP contribution in [-0.4, -0.2) is 6.61 Å².